The summed E-state index contributed by atoms with van der Waals surface area (Å²) in [5.74, 6) is 0.0671. The number of methoxy groups -OCH3 is 1. The molecular weight excluding hydrogens is 322 g/mol. The number of ether oxygens (including phenoxy) is 2. The number of phenolic OH excluding ortho intramolecular Hbond substituents is 1. The summed E-state index contributed by atoms with van der Waals surface area (Å²) in [6.07, 6.45) is 3.45. The van der Waals surface area contributed by atoms with Crippen LogP contribution < -0.4 is 4.74 Å². The number of phenols is 1. The number of benzene rings is 1. The van der Waals surface area contributed by atoms with Gasteiger partial charge in [0.15, 0.2) is 0 Å². The van der Waals surface area contributed by atoms with Crippen LogP contribution in [-0.2, 0) is 22.6 Å². The molecule has 0 spiro atoms. The maximum Gasteiger partial charge on any atom is 0.342 e. The second-order valence-corrected chi connectivity index (χ2v) is 6.46. The predicted octanol–water partition coefficient (Wildman–Crippen LogP) is 2.74. The fraction of sp³-hybridized carbons (Fsp3) is 0.474. The van der Waals surface area contributed by atoms with Gasteiger partial charge in [0.05, 0.1) is 7.11 Å². The van der Waals surface area contributed by atoms with E-state index in [2.05, 4.69) is 0 Å². The van der Waals surface area contributed by atoms with Crippen molar-refractivity contribution in [2.75, 3.05) is 21.2 Å². The van der Waals surface area contributed by atoms with Crippen LogP contribution in [0.5, 0.6) is 11.5 Å². The normalized spacial score (nSPS) is 13.5. The van der Waals surface area contributed by atoms with Crippen LogP contribution in [0.3, 0.4) is 0 Å². The quantitative estimate of drug-likeness (QED) is 0.632. The molecule has 1 aromatic rings. The second kappa shape index (κ2) is 7.59. The number of carbonyl (C=O) groups excluding carboxylic acids is 2. The maximum absolute atomic E-state index is 11.9. The summed E-state index contributed by atoms with van der Waals surface area (Å²) in [6.45, 7) is 3.96. The van der Waals surface area contributed by atoms with E-state index < -0.39 is 5.97 Å². The lowest BCUT2D eigenvalue weighted by atomic mass is 9.94. The molecule has 1 aromatic carbocycles. The lowest BCUT2D eigenvalue weighted by Gasteiger charge is -2.16. The number of carbonyl (C=O) groups is 2. The molecule has 1 N–H and O–H groups in total. The van der Waals surface area contributed by atoms with Crippen LogP contribution >= 0.6 is 0 Å². The van der Waals surface area contributed by atoms with Gasteiger partial charge in [0.1, 0.15) is 23.7 Å². The molecule has 25 heavy (non-hydrogen) atoms. The van der Waals surface area contributed by atoms with Crippen LogP contribution in [0.4, 0.5) is 0 Å². The minimum Gasteiger partial charge on any atom is -0.507 e. The number of hydrogen-bond acceptors (Lipinski definition) is 5. The minimum atomic E-state index is -0.503. The first-order valence-corrected chi connectivity index (χ1v) is 8.22. The van der Waals surface area contributed by atoms with E-state index in [0.29, 0.717) is 36.1 Å². The molecule has 0 unspecified atom stereocenters. The Balaban J connectivity index is 2.26. The number of aromatic hydroxyl groups is 1. The van der Waals surface area contributed by atoms with Crippen LogP contribution in [0.2, 0.25) is 0 Å². The molecule has 0 aromatic heterocycles. The molecule has 1 heterocycles. The van der Waals surface area contributed by atoms with E-state index in [1.54, 1.807) is 26.1 Å². The standard InChI is InChI=1S/C19H25NO5/c1-11(7-9-15(21)20(3)4)6-8-13-17(22)16-14(10-25-19(16)23)12(2)18(13)24-5/h6,22H,7-10H2,1-5H3. The monoisotopic (exact) mass is 347 g/mol. The highest BCUT2D eigenvalue weighted by molar-refractivity contribution is 5.98. The molecule has 1 amide bonds. The minimum absolute atomic E-state index is 0.0734. The SMILES string of the molecule is COc1c(C)c2c(c(O)c1CC=C(C)CCC(=O)N(C)C)C(=O)OC2. The third-order valence-electron chi connectivity index (χ3n) is 4.53. The van der Waals surface area contributed by atoms with Crippen molar-refractivity contribution >= 4 is 11.9 Å². The van der Waals surface area contributed by atoms with Crippen molar-refractivity contribution in [2.24, 2.45) is 0 Å². The molecule has 2 rings (SSSR count). The van der Waals surface area contributed by atoms with Gasteiger partial charge in [0.2, 0.25) is 5.91 Å². The van der Waals surface area contributed by atoms with E-state index in [0.717, 1.165) is 11.1 Å². The van der Waals surface area contributed by atoms with E-state index in [9.17, 15) is 14.7 Å². The third-order valence-corrected chi connectivity index (χ3v) is 4.53. The van der Waals surface area contributed by atoms with Gasteiger partial charge in [0.25, 0.3) is 0 Å². The number of rotatable bonds is 6. The van der Waals surface area contributed by atoms with Gasteiger partial charge < -0.3 is 19.5 Å². The molecule has 0 aliphatic carbocycles. The molecule has 136 valence electrons. The van der Waals surface area contributed by atoms with Crippen LogP contribution in [-0.4, -0.2) is 43.1 Å². The average molecular weight is 347 g/mol. The second-order valence-electron chi connectivity index (χ2n) is 6.46. The topological polar surface area (TPSA) is 76.1 Å². The molecule has 0 saturated heterocycles. The van der Waals surface area contributed by atoms with Crippen molar-refractivity contribution in [3.8, 4) is 11.5 Å². The molecule has 1 aliphatic heterocycles. The molecule has 0 radical (unpaired) electrons. The van der Waals surface area contributed by atoms with Gasteiger partial charge in [-0.3, -0.25) is 4.79 Å². The Morgan fingerprint density at radius 3 is 2.64 bits per heavy atom. The van der Waals surface area contributed by atoms with Crippen molar-refractivity contribution in [2.45, 2.75) is 39.7 Å². The number of amides is 1. The van der Waals surface area contributed by atoms with Gasteiger partial charge in [-0.2, -0.15) is 0 Å². The zero-order valence-electron chi connectivity index (χ0n) is 15.4. The van der Waals surface area contributed by atoms with Crippen LogP contribution in [0.25, 0.3) is 0 Å². The summed E-state index contributed by atoms with van der Waals surface area (Å²) in [7, 11) is 5.01. The fourth-order valence-corrected chi connectivity index (χ4v) is 2.93. The van der Waals surface area contributed by atoms with E-state index in [1.807, 2.05) is 19.9 Å². The van der Waals surface area contributed by atoms with Gasteiger partial charge in [0, 0.05) is 31.6 Å². The molecule has 0 atom stereocenters. The lowest BCUT2D eigenvalue weighted by molar-refractivity contribution is -0.128. The average Bonchev–Trinajstić information content (AvgIpc) is 2.96. The van der Waals surface area contributed by atoms with Crippen molar-refractivity contribution in [3.05, 3.63) is 33.9 Å². The van der Waals surface area contributed by atoms with Gasteiger partial charge in [-0.15, -0.1) is 0 Å². The van der Waals surface area contributed by atoms with Crippen molar-refractivity contribution in [1.82, 2.24) is 4.90 Å². The van der Waals surface area contributed by atoms with Crippen LogP contribution in [0.15, 0.2) is 11.6 Å². The van der Waals surface area contributed by atoms with Gasteiger partial charge in [-0.1, -0.05) is 11.6 Å². The largest absolute Gasteiger partial charge is 0.507 e. The van der Waals surface area contributed by atoms with E-state index in [1.165, 1.54) is 0 Å². The van der Waals surface area contributed by atoms with Gasteiger partial charge in [-0.25, -0.2) is 4.79 Å². The Hall–Kier alpha value is -2.50. The zero-order valence-corrected chi connectivity index (χ0v) is 15.4. The fourth-order valence-electron chi connectivity index (χ4n) is 2.93. The Morgan fingerprint density at radius 2 is 2.04 bits per heavy atom. The van der Waals surface area contributed by atoms with Crippen LogP contribution in [0, 0.1) is 6.92 Å². The number of hydrogen-bond donors (Lipinski definition) is 1. The highest BCUT2D eigenvalue weighted by atomic mass is 16.5. The van der Waals surface area contributed by atoms with Gasteiger partial charge in [-0.05, 0) is 32.3 Å². The summed E-state index contributed by atoms with van der Waals surface area (Å²) in [5, 5.41) is 10.5. The highest BCUT2D eigenvalue weighted by Crippen LogP contribution is 2.42. The Morgan fingerprint density at radius 1 is 1.36 bits per heavy atom. The summed E-state index contributed by atoms with van der Waals surface area (Å²) >= 11 is 0. The van der Waals surface area contributed by atoms with Crippen molar-refractivity contribution in [1.29, 1.82) is 0 Å². The summed E-state index contributed by atoms with van der Waals surface area (Å²) in [5.41, 5.74) is 3.33. The molecule has 0 saturated carbocycles. The number of allylic oxidation sites excluding steroid dienone is 2. The molecule has 6 heteroatoms. The van der Waals surface area contributed by atoms with E-state index in [-0.39, 0.29) is 23.8 Å². The summed E-state index contributed by atoms with van der Waals surface area (Å²) in [4.78, 5) is 25.1. The Labute approximate surface area is 148 Å². The first kappa shape index (κ1) is 18.8. The molecule has 6 nitrogen and oxygen atoms in total. The number of cyclic esters (lactones) is 1. The molecule has 0 fully saturated rings. The number of nitrogens with zero attached hydrogens (tertiary/aromatic N) is 1. The first-order valence-electron chi connectivity index (χ1n) is 8.22. The smallest absolute Gasteiger partial charge is 0.342 e. The van der Waals surface area contributed by atoms with Crippen molar-refractivity contribution < 1.29 is 24.2 Å². The van der Waals surface area contributed by atoms with E-state index in [4.69, 9.17) is 9.47 Å². The van der Waals surface area contributed by atoms with Gasteiger partial charge >= 0.3 is 5.97 Å². The summed E-state index contributed by atoms with van der Waals surface area (Å²) in [6, 6.07) is 0. The van der Waals surface area contributed by atoms with Crippen molar-refractivity contribution in [3.63, 3.8) is 0 Å². The maximum atomic E-state index is 11.9. The predicted molar refractivity (Wildman–Crippen MR) is 93.9 cm³/mol. The Bertz CT molecular complexity index is 734. The molecule has 0 bridgehead atoms. The number of fused-ring (bicyclic) bond motifs is 1. The first-order chi connectivity index (χ1) is 11.8. The van der Waals surface area contributed by atoms with E-state index >= 15 is 0 Å². The molecule has 1 aliphatic rings. The Kier molecular flexibility index (Phi) is 5.72. The molecular formula is C19H25NO5. The zero-order chi connectivity index (χ0) is 18.7. The highest BCUT2D eigenvalue weighted by Gasteiger charge is 2.31. The number of esters is 1. The lowest BCUT2D eigenvalue weighted by Crippen LogP contribution is -2.21. The third kappa shape index (κ3) is 3.78. The summed E-state index contributed by atoms with van der Waals surface area (Å²) < 4.78 is 10.5. The van der Waals surface area contributed by atoms with Crippen LogP contribution in [0.1, 0.15) is 46.8 Å².